The summed E-state index contributed by atoms with van der Waals surface area (Å²) in [5, 5.41) is 14.2. The molecule has 0 saturated heterocycles. The highest BCUT2D eigenvalue weighted by atomic mass is 79.9. The highest BCUT2D eigenvalue weighted by Gasteiger charge is 2.17. The van der Waals surface area contributed by atoms with Crippen LogP contribution in [-0.2, 0) is 6.54 Å². The summed E-state index contributed by atoms with van der Waals surface area (Å²) < 4.78 is 0.879. The largest absolute Gasteiger partial charge is 0.312 e. The fraction of sp³-hybridized carbons (Fsp3) is 0.538. The summed E-state index contributed by atoms with van der Waals surface area (Å²) >= 11 is 3.35. The normalized spacial score (nSPS) is 15.4. The van der Waals surface area contributed by atoms with E-state index in [0.717, 1.165) is 22.5 Å². The first-order chi connectivity index (χ1) is 8.66. The number of benzene rings is 1. The third-order valence-corrected chi connectivity index (χ3v) is 4.00. The first-order valence-corrected chi connectivity index (χ1v) is 7.09. The van der Waals surface area contributed by atoms with Crippen LogP contribution in [0.2, 0.25) is 0 Å². The first kappa shape index (κ1) is 13.5. The van der Waals surface area contributed by atoms with Gasteiger partial charge in [-0.1, -0.05) is 35.2 Å². The second-order valence-corrected chi connectivity index (χ2v) is 5.71. The molecule has 1 fully saturated rings. The summed E-state index contributed by atoms with van der Waals surface area (Å²) in [4.78, 5) is 10.6. The van der Waals surface area contributed by atoms with Crippen molar-refractivity contribution in [2.75, 3.05) is 6.54 Å². The molecule has 0 spiro atoms. The van der Waals surface area contributed by atoms with Gasteiger partial charge in [0.2, 0.25) is 0 Å². The minimum atomic E-state index is -0.324. The second-order valence-electron chi connectivity index (χ2n) is 4.79. The minimum absolute atomic E-state index is 0.189. The van der Waals surface area contributed by atoms with Crippen LogP contribution in [0.25, 0.3) is 0 Å². The van der Waals surface area contributed by atoms with E-state index in [9.17, 15) is 10.1 Å². The van der Waals surface area contributed by atoms with Crippen LogP contribution < -0.4 is 5.32 Å². The monoisotopic (exact) mass is 312 g/mol. The molecule has 0 aromatic heterocycles. The number of hydrogen-bond acceptors (Lipinski definition) is 3. The van der Waals surface area contributed by atoms with Gasteiger partial charge in [-0.05, 0) is 31.0 Å². The van der Waals surface area contributed by atoms with Gasteiger partial charge in [0, 0.05) is 22.6 Å². The Morgan fingerprint density at radius 1 is 1.44 bits per heavy atom. The van der Waals surface area contributed by atoms with Gasteiger partial charge < -0.3 is 5.32 Å². The molecular weight excluding hydrogens is 296 g/mol. The quantitative estimate of drug-likeness (QED) is 0.495. The maximum Gasteiger partial charge on any atom is 0.273 e. The zero-order valence-electron chi connectivity index (χ0n) is 10.2. The van der Waals surface area contributed by atoms with Crippen LogP contribution in [0.5, 0.6) is 0 Å². The molecule has 1 aromatic carbocycles. The molecule has 0 bridgehead atoms. The smallest absolute Gasteiger partial charge is 0.273 e. The van der Waals surface area contributed by atoms with Crippen molar-refractivity contribution in [2.24, 2.45) is 5.92 Å². The first-order valence-electron chi connectivity index (χ1n) is 6.30. The SMILES string of the molecule is O=[N+]([O-])c1ccc(Br)cc1CNCCC1CCC1. The van der Waals surface area contributed by atoms with E-state index in [1.807, 2.05) is 6.07 Å². The van der Waals surface area contributed by atoms with Crippen LogP contribution >= 0.6 is 15.9 Å². The lowest BCUT2D eigenvalue weighted by molar-refractivity contribution is -0.385. The van der Waals surface area contributed by atoms with E-state index in [4.69, 9.17) is 0 Å². The van der Waals surface area contributed by atoms with Gasteiger partial charge in [-0.3, -0.25) is 10.1 Å². The molecule has 4 nitrogen and oxygen atoms in total. The number of nitrogens with zero attached hydrogens (tertiary/aromatic N) is 1. The summed E-state index contributed by atoms with van der Waals surface area (Å²) in [6.45, 7) is 1.50. The lowest BCUT2D eigenvalue weighted by Crippen LogP contribution is -2.21. The zero-order valence-corrected chi connectivity index (χ0v) is 11.8. The van der Waals surface area contributed by atoms with Gasteiger partial charge in [-0.15, -0.1) is 0 Å². The lowest BCUT2D eigenvalue weighted by atomic mass is 9.83. The Morgan fingerprint density at radius 3 is 2.83 bits per heavy atom. The fourth-order valence-corrected chi connectivity index (χ4v) is 2.59. The summed E-state index contributed by atoms with van der Waals surface area (Å²) in [7, 11) is 0. The van der Waals surface area contributed by atoms with Crippen molar-refractivity contribution in [3.63, 3.8) is 0 Å². The highest BCUT2D eigenvalue weighted by Crippen LogP contribution is 2.29. The predicted octanol–water partition coefficient (Wildman–Crippen LogP) is 3.64. The maximum atomic E-state index is 10.9. The second kappa shape index (κ2) is 6.29. The summed E-state index contributed by atoms with van der Waals surface area (Å²) in [6.07, 6.45) is 5.24. The molecule has 1 saturated carbocycles. The Morgan fingerprint density at radius 2 is 2.22 bits per heavy atom. The van der Waals surface area contributed by atoms with E-state index in [1.54, 1.807) is 12.1 Å². The van der Waals surface area contributed by atoms with E-state index in [2.05, 4.69) is 21.2 Å². The third kappa shape index (κ3) is 3.53. The fourth-order valence-electron chi connectivity index (χ4n) is 2.18. The molecular formula is C13H17BrN2O2. The van der Waals surface area contributed by atoms with Crippen molar-refractivity contribution >= 4 is 21.6 Å². The van der Waals surface area contributed by atoms with Gasteiger partial charge >= 0.3 is 0 Å². The molecule has 0 aliphatic heterocycles. The van der Waals surface area contributed by atoms with Gasteiger partial charge in [-0.25, -0.2) is 0 Å². The maximum absolute atomic E-state index is 10.9. The van der Waals surface area contributed by atoms with Crippen LogP contribution in [0, 0.1) is 16.0 Å². The summed E-state index contributed by atoms with van der Waals surface area (Å²) in [5.41, 5.74) is 0.928. The van der Waals surface area contributed by atoms with Crippen LogP contribution in [-0.4, -0.2) is 11.5 Å². The topological polar surface area (TPSA) is 55.2 Å². The van der Waals surface area contributed by atoms with Crippen LogP contribution in [0.1, 0.15) is 31.2 Å². The van der Waals surface area contributed by atoms with Crippen molar-refractivity contribution in [1.29, 1.82) is 0 Å². The molecule has 2 rings (SSSR count). The molecule has 1 aromatic rings. The zero-order chi connectivity index (χ0) is 13.0. The van der Waals surface area contributed by atoms with Gasteiger partial charge in [0.15, 0.2) is 0 Å². The Kier molecular flexibility index (Phi) is 4.72. The van der Waals surface area contributed by atoms with Crippen molar-refractivity contribution in [2.45, 2.75) is 32.2 Å². The van der Waals surface area contributed by atoms with E-state index in [-0.39, 0.29) is 10.6 Å². The van der Waals surface area contributed by atoms with Crippen molar-refractivity contribution in [1.82, 2.24) is 5.32 Å². The molecule has 5 heteroatoms. The average molecular weight is 313 g/mol. The minimum Gasteiger partial charge on any atom is -0.312 e. The Hall–Kier alpha value is -0.940. The van der Waals surface area contributed by atoms with Gasteiger partial charge in [0.1, 0.15) is 0 Å². The number of nitro groups is 1. The Labute approximate surface area is 115 Å². The predicted molar refractivity (Wildman–Crippen MR) is 74.5 cm³/mol. The summed E-state index contributed by atoms with van der Waals surface area (Å²) in [6, 6.07) is 5.07. The lowest BCUT2D eigenvalue weighted by Gasteiger charge is -2.25. The van der Waals surface area contributed by atoms with Crippen molar-refractivity contribution in [3.8, 4) is 0 Å². The van der Waals surface area contributed by atoms with Crippen LogP contribution in [0.3, 0.4) is 0 Å². The molecule has 0 unspecified atom stereocenters. The number of halogens is 1. The van der Waals surface area contributed by atoms with E-state index in [1.165, 1.54) is 25.7 Å². The number of rotatable bonds is 6. The Bertz CT molecular complexity index is 433. The Balaban J connectivity index is 1.86. The van der Waals surface area contributed by atoms with Gasteiger partial charge in [-0.2, -0.15) is 0 Å². The van der Waals surface area contributed by atoms with Crippen molar-refractivity contribution < 1.29 is 4.92 Å². The number of hydrogen-bond donors (Lipinski definition) is 1. The van der Waals surface area contributed by atoms with Gasteiger partial charge in [0.05, 0.1) is 4.92 Å². The summed E-state index contributed by atoms with van der Waals surface area (Å²) in [5.74, 6) is 0.870. The van der Waals surface area contributed by atoms with Crippen molar-refractivity contribution in [3.05, 3.63) is 38.3 Å². The third-order valence-electron chi connectivity index (χ3n) is 3.51. The van der Waals surface area contributed by atoms with Crippen LogP contribution in [0.15, 0.2) is 22.7 Å². The highest BCUT2D eigenvalue weighted by molar-refractivity contribution is 9.10. The van der Waals surface area contributed by atoms with E-state index in [0.29, 0.717) is 6.54 Å². The number of nitro benzene ring substituents is 1. The molecule has 0 amide bonds. The van der Waals surface area contributed by atoms with E-state index >= 15 is 0 Å². The molecule has 0 heterocycles. The molecule has 1 aliphatic carbocycles. The van der Waals surface area contributed by atoms with E-state index < -0.39 is 0 Å². The standard InChI is InChI=1S/C13H17BrN2O2/c14-12-4-5-13(16(17)18)11(8-12)9-15-7-6-10-2-1-3-10/h4-5,8,10,15H,1-3,6-7,9H2. The van der Waals surface area contributed by atoms with Gasteiger partial charge in [0.25, 0.3) is 5.69 Å². The molecule has 98 valence electrons. The average Bonchev–Trinajstić information content (AvgIpc) is 2.26. The molecule has 1 N–H and O–H groups in total. The molecule has 0 atom stereocenters. The molecule has 0 radical (unpaired) electrons. The van der Waals surface area contributed by atoms with Crippen LogP contribution in [0.4, 0.5) is 5.69 Å². The molecule has 18 heavy (non-hydrogen) atoms. The number of nitrogens with one attached hydrogen (secondary N) is 1. The molecule has 1 aliphatic rings.